The predicted octanol–water partition coefficient (Wildman–Crippen LogP) is 3.88. The van der Waals surface area contributed by atoms with Crippen molar-refractivity contribution in [3.8, 4) is 6.07 Å². The number of nitrogens with zero attached hydrogens (tertiary/aromatic N) is 3. The van der Waals surface area contributed by atoms with Crippen LogP contribution in [0.3, 0.4) is 0 Å². The van der Waals surface area contributed by atoms with Gasteiger partial charge in [0, 0.05) is 11.4 Å². The van der Waals surface area contributed by atoms with Crippen molar-refractivity contribution in [2.75, 3.05) is 5.32 Å². The summed E-state index contributed by atoms with van der Waals surface area (Å²) in [5.74, 6) is 0.794. The molecule has 0 bridgehead atoms. The highest BCUT2D eigenvalue weighted by Crippen LogP contribution is 2.31. The lowest BCUT2D eigenvalue weighted by atomic mass is 9.84. The molecule has 4 heteroatoms. The average Bonchev–Trinajstić information content (AvgIpc) is 2.55. The van der Waals surface area contributed by atoms with Crippen LogP contribution in [0.4, 0.5) is 5.69 Å². The molecule has 1 saturated carbocycles. The second-order valence-electron chi connectivity index (χ2n) is 5.83. The van der Waals surface area contributed by atoms with Crippen molar-refractivity contribution in [2.45, 2.75) is 45.1 Å². The van der Waals surface area contributed by atoms with Crippen molar-refractivity contribution in [1.82, 2.24) is 10.2 Å². The maximum atomic E-state index is 9.31. The third-order valence-electron chi connectivity index (χ3n) is 4.48. The van der Waals surface area contributed by atoms with Gasteiger partial charge in [0.15, 0.2) is 5.69 Å². The third kappa shape index (κ3) is 2.82. The van der Waals surface area contributed by atoms with E-state index in [-0.39, 0.29) is 0 Å². The Morgan fingerprint density at radius 3 is 2.95 bits per heavy atom. The van der Waals surface area contributed by atoms with E-state index in [1.807, 2.05) is 24.3 Å². The molecule has 1 aromatic heterocycles. The third-order valence-corrected chi connectivity index (χ3v) is 4.48. The molecule has 4 nitrogen and oxygen atoms in total. The lowest BCUT2D eigenvalue weighted by Gasteiger charge is -2.30. The molecule has 1 aliphatic rings. The van der Waals surface area contributed by atoms with E-state index < -0.39 is 0 Å². The molecule has 1 aromatic carbocycles. The van der Waals surface area contributed by atoms with Gasteiger partial charge in [-0.2, -0.15) is 5.26 Å². The van der Waals surface area contributed by atoms with Gasteiger partial charge in [0.1, 0.15) is 6.07 Å². The fourth-order valence-electron chi connectivity index (χ4n) is 3.28. The Hall–Kier alpha value is -2.15. The lowest BCUT2D eigenvalue weighted by Crippen LogP contribution is -2.27. The first kappa shape index (κ1) is 13.8. The van der Waals surface area contributed by atoms with Gasteiger partial charge in [0.2, 0.25) is 0 Å². The Balaban J connectivity index is 1.94. The molecule has 1 aliphatic carbocycles. The summed E-state index contributed by atoms with van der Waals surface area (Å²) in [4.78, 5) is 0. The fourth-order valence-corrected chi connectivity index (χ4v) is 3.28. The van der Waals surface area contributed by atoms with Crippen molar-refractivity contribution >= 4 is 16.6 Å². The van der Waals surface area contributed by atoms with Crippen LogP contribution in [0.25, 0.3) is 10.9 Å². The van der Waals surface area contributed by atoms with Crippen molar-refractivity contribution < 1.29 is 0 Å². The first-order valence-corrected chi connectivity index (χ1v) is 7.74. The highest BCUT2D eigenvalue weighted by atomic mass is 15.1. The molecule has 0 spiro atoms. The SMILES string of the molecule is CCC1CCCC(Nc2c(C#N)nnc3ccccc23)C1. The number of hydrogen-bond acceptors (Lipinski definition) is 4. The van der Waals surface area contributed by atoms with E-state index >= 15 is 0 Å². The van der Waals surface area contributed by atoms with Crippen LogP contribution in [-0.4, -0.2) is 16.2 Å². The number of nitriles is 1. The molecular formula is C17H20N4. The van der Waals surface area contributed by atoms with Crippen LogP contribution in [0.5, 0.6) is 0 Å². The van der Waals surface area contributed by atoms with Crippen LogP contribution in [0.2, 0.25) is 0 Å². The van der Waals surface area contributed by atoms with Gasteiger partial charge in [-0.1, -0.05) is 44.4 Å². The molecule has 0 amide bonds. The minimum atomic E-state index is 0.396. The van der Waals surface area contributed by atoms with Crippen molar-refractivity contribution in [1.29, 1.82) is 5.26 Å². The van der Waals surface area contributed by atoms with E-state index in [0.29, 0.717) is 11.7 Å². The summed E-state index contributed by atoms with van der Waals surface area (Å²) in [5, 5.41) is 22.1. The van der Waals surface area contributed by atoms with E-state index in [1.54, 1.807) is 0 Å². The minimum Gasteiger partial charge on any atom is -0.379 e. The van der Waals surface area contributed by atoms with Crippen molar-refractivity contribution in [3.63, 3.8) is 0 Å². The summed E-state index contributed by atoms with van der Waals surface area (Å²) in [6, 6.07) is 10.5. The standard InChI is InChI=1S/C17H20N4/c1-2-12-6-5-7-13(10-12)19-17-14-8-3-4-9-15(14)20-21-16(17)11-18/h3-4,8-9,12-13H,2,5-7,10H2,1H3,(H,19,20). The van der Waals surface area contributed by atoms with E-state index in [0.717, 1.165) is 28.9 Å². The molecule has 2 aromatic rings. The molecule has 21 heavy (non-hydrogen) atoms. The smallest absolute Gasteiger partial charge is 0.186 e. The predicted molar refractivity (Wildman–Crippen MR) is 83.9 cm³/mol. The molecule has 3 rings (SSSR count). The Bertz CT molecular complexity index is 674. The lowest BCUT2D eigenvalue weighted by molar-refractivity contribution is 0.327. The monoisotopic (exact) mass is 280 g/mol. The Labute approximate surface area is 125 Å². The Morgan fingerprint density at radius 1 is 1.29 bits per heavy atom. The minimum absolute atomic E-state index is 0.396. The summed E-state index contributed by atoms with van der Waals surface area (Å²) in [5.41, 5.74) is 2.08. The van der Waals surface area contributed by atoms with E-state index in [9.17, 15) is 5.26 Å². The number of aromatic nitrogens is 2. The second-order valence-corrected chi connectivity index (χ2v) is 5.83. The van der Waals surface area contributed by atoms with Gasteiger partial charge in [0.05, 0.1) is 11.2 Å². The highest BCUT2D eigenvalue weighted by molar-refractivity contribution is 5.92. The van der Waals surface area contributed by atoms with Gasteiger partial charge < -0.3 is 5.32 Å². The quantitative estimate of drug-likeness (QED) is 0.926. The van der Waals surface area contributed by atoms with E-state index in [4.69, 9.17) is 0 Å². The van der Waals surface area contributed by atoms with Gasteiger partial charge in [-0.15, -0.1) is 10.2 Å². The van der Waals surface area contributed by atoms with Crippen LogP contribution >= 0.6 is 0 Å². The molecule has 2 atom stereocenters. The van der Waals surface area contributed by atoms with E-state index in [1.165, 1.54) is 25.7 Å². The maximum Gasteiger partial charge on any atom is 0.186 e. The average molecular weight is 280 g/mol. The number of benzene rings is 1. The first-order valence-electron chi connectivity index (χ1n) is 7.74. The number of nitrogens with one attached hydrogen (secondary N) is 1. The van der Waals surface area contributed by atoms with Gasteiger partial charge in [-0.05, 0) is 24.8 Å². The largest absolute Gasteiger partial charge is 0.379 e. The number of rotatable bonds is 3. The fraction of sp³-hybridized carbons (Fsp3) is 0.471. The Kier molecular flexibility index (Phi) is 4.01. The van der Waals surface area contributed by atoms with E-state index in [2.05, 4.69) is 28.5 Å². The van der Waals surface area contributed by atoms with Crippen LogP contribution in [0.1, 0.15) is 44.7 Å². The van der Waals surface area contributed by atoms with Crippen LogP contribution in [0, 0.1) is 17.2 Å². The zero-order valence-corrected chi connectivity index (χ0v) is 12.3. The zero-order chi connectivity index (χ0) is 14.7. The summed E-state index contributed by atoms with van der Waals surface area (Å²) in [6.45, 7) is 2.26. The molecule has 0 radical (unpaired) electrons. The van der Waals surface area contributed by atoms with Crippen LogP contribution in [0.15, 0.2) is 24.3 Å². The summed E-state index contributed by atoms with van der Waals surface area (Å²) >= 11 is 0. The molecule has 0 aliphatic heterocycles. The molecule has 108 valence electrons. The van der Waals surface area contributed by atoms with Gasteiger partial charge in [-0.3, -0.25) is 0 Å². The highest BCUT2D eigenvalue weighted by Gasteiger charge is 2.22. The second kappa shape index (κ2) is 6.09. The zero-order valence-electron chi connectivity index (χ0n) is 12.3. The summed E-state index contributed by atoms with van der Waals surface area (Å²) < 4.78 is 0. The first-order chi connectivity index (χ1) is 10.3. The van der Waals surface area contributed by atoms with Crippen LogP contribution in [-0.2, 0) is 0 Å². The molecule has 0 saturated heterocycles. The molecule has 2 unspecified atom stereocenters. The normalized spacial score (nSPS) is 21.9. The number of anilines is 1. The molecule has 1 heterocycles. The molecule has 1 fully saturated rings. The van der Waals surface area contributed by atoms with Gasteiger partial charge in [-0.25, -0.2) is 0 Å². The van der Waals surface area contributed by atoms with Gasteiger partial charge in [0.25, 0.3) is 0 Å². The Morgan fingerprint density at radius 2 is 2.14 bits per heavy atom. The van der Waals surface area contributed by atoms with Gasteiger partial charge >= 0.3 is 0 Å². The van der Waals surface area contributed by atoms with Crippen molar-refractivity contribution in [3.05, 3.63) is 30.0 Å². The number of hydrogen-bond donors (Lipinski definition) is 1. The van der Waals surface area contributed by atoms with Crippen molar-refractivity contribution in [2.24, 2.45) is 5.92 Å². The van der Waals surface area contributed by atoms with Crippen LogP contribution < -0.4 is 5.32 Å². The maximum absolute atomic E-state index is 9.31. The summed E-state index contributed by atoms with van der Waals surface area (Å²) in [6.07, 6.45) is 6.16. The topological polar surface area (TPSA) is 61.6 Å². The molecular weight excluding hydrogens is 260 g/mol. The number of fused-ring (bicyclic) bond motifs is 1. The summed E-state index contributed by atoms with van der Waals surface area (Å²) in [7, 11) is 0. The molecule has 1 N–H and O–H groups in total.